The Kier molecular flexibility index (Phi) is 4.55. The van der Waals surface area contributed by atoms with Crippen LogP contribution in [0.5, 0.6) is 0 Å². The fourth-order valence-electron chi connectivity index (χ4n) is 1.96. The Balaban J connectivity index is 1.88. The third kappa shape index (κ3) is 3.69. The molecule has 2 rings (SSSR count). The van der Waals surface area contributed by atoms with Crippen molar-refractivity contribution in [2.75, 3.05) is 11.9 Å². The maximum absolute atomic E-state index is 11.5. The highest BCUT2D eigenvalue weighted by molar-refractivity contribution is 5.33. The van der Waals surface area contributed by atoms with Crippen molar-refractivity contribution in [2.24, 2.45) is 0 Å². The molecule has 0 saturated heterocycles. The maximum atomic E-state index is 11.5. The molecule has 3 N–H and O–H groups in total. The number of nitrogens with zero attached hydrogens (tertiary/aromatic N) is 2. The minimum Gasteiger partial charge on any atom is -0.370 e. The Morgan fingerprint density at radius 2 is 2.20 bits per heavy atom. The number of hydrogen-bond donors (Lipinski definition) is 3. The second kappa shape index (κ2) is 6.36. The number of anilines is 1. The minimum atomic E-state index is -0.114. The van der Waals surface area contributed by atoms with Gasteiger partial charge in [-0.3, -0.25) is 9.89 Å². The number of H-pyrrole nitrogens is 2. The summed E-state index contributed by atoms with van der Waals surface area (Å²) in [5.41, 5.74) is 2.23. The summed E-state index contributed by atoms with van der Waals surface area (Å²) in [4.78, 5) is 18.7. The van der Waals surface area contributed by atoms with E-state index in [1.807, 2.05) is 27.0 Å². The van der Waals surface area contributed by atoms with E-state index < -0.39 is 0 Å². The molecule has 0 radical (unpaired) electrons. The lowest BCUT2D eigenvalue weighted by molar-refractivity contribution is 0.764. The molecular weight excluding hydrogens is 254 g/mol. The Bertz CT molecular complexity index is 614. The molecule has 2 heterocycles. The second-order valence-corrected chi connectivity index (χ2v) is 5.22. The zero-order valence-electron chi connectivity index (χ0n) is 12.2. The lowest BCUT2D eigenvalue weighted by Gasteiger charge is -2.08. The van der Waals surface area contributed by atoms with E-state index in [0.717, 1.165) is 25.1 Å². The molecule has 0 bridgehead atoms. The molecule has 0 aromatic carbocycles. The van der Waals surface area contributed by atoms with Gasteiger partial charge in [0, 0.05) is 24.2 Å². The van der Waals surface area contributed by atoms with E-state index in [4.69, 9.17) is 0 Å². The molecule has 6 heteroatoms. The van der Waals surface area contributed by atoms with Crippen LogP contribution in [0.1, 0.15) is 43.3 Å². The molecule has 0 aliphatic carbocycles. The van der Waals surface area contributed by atoms with Crippen LogP contribution in [0.2, 0.25) is 0 Å². The second-order valence-electron chi connectivity index (χ2n) is 5.22. The highest BCUT2D eigenvalue weighted by Crippen LogP contribution is 2.10. The molecule has 0 atom stereocenters. The summed E-state index contributed by atoms with van der Waals surface area (Å²) in [5.74, 6) is 1.56. The van der Waals surface area contributed by atoms with Crippen molar-refractivity contribution >= 4 is 5.82 Å². The van der Waals surface area contributed by atoms with Crippen LogP contribution in [-0.2, 0) is 6.42 Å². The summed E-state index contributed by atoms with van der Waals surface area (Å²) >= 11 is 0. The van der Waals surface area contributed by atoms with Crippen molar-refractivity contribution < 1.29 is 0 Å². The third-order valence-electron chi connectivity index (χ3n) is 3.17. The summed E-state index contributed by atoms with van der Waals surface area (Å²) in [6.45, 7) is 6.80. The topological polar surface area (TPSA) is 86.5 Å². The Morgan fingerprint density at radius 1 is 1.40 bits per heavy atom. The van der Waals surface area contributed by atoms with E-state index in [0.29, 0.717) is 11.6 Å². The van der Waals surface area contributed by atoms with E-state index in [1.54, 1.807) is 0 Å². The van der Waals surface area contributed by atoms with Crippen molar-refractivity contribution in [3.63, 3.8) is 0 Å². The fraction of sp³-hybridized carbons (Fsp3) is 0.500. The van der Waals surface area contributed by atoms with Crippen LogP contribution in [-0.4, -0.2) is 26.7 Å². The van der Waals surface area contributed by atoms with E-state index >= 15 is 0 Å². The van der Waals surface area contributed by atoms with Gasteiger partial charge in [0.15, 0.2) is 0 Å². The summed E-state index contributed by atoms with van der Waals surface area (Å²) in [6.07, 6.45) is 3.78. The molecule has 0 unspecified atom stereocenters. The molecule has 108 valence electrons. The molecule has 0 amide bonds. The molecule has 20 heavy (non-hydrogen) atoms. The van der Waals surface area contributed by atoms with Crippen molar-refractivity contribution in [1.82, 2.24) is 20.2 Å². The van der Waals surface area contributed by atoms with Gasteiger partial charge in [0.05, 0.1) is 6.20 Å². The van der Waals surface area contributed by atoms with E-state index in [1.165, 1.54) is 11.6 Å². The fourth-order valence-corrected chi connectivity index (χ4v) is 1.96. The Morgan fingerprint density at radius 3 is 2.85 bits per heavy atom. The minimum absolute atomic E-state index is 0.114. The van der Waals surface area contributed by atoms with Crippen molar-refractivity contribution in [3.8, 4) is 0 Å². The van der Waals surface area contributed by atoms with Gasteiger partial charge in [-0.05, 0) is 25.3 Å². The number of rotatable bonds is 6. The van der Waals surface area contributed by atoms with Crippen molar-refractivity contribution in [3.05, 3.63) is 39.7 Å². The smallest absolute Gasteiger partial charge is 0.252 e. The monoisotopic (exact) mass is 275 g/mol. The molecule has 0 aliphatic rings. The summed E-state index contributed by atoms with van der Waals surface area (Å²) in [5, 5.41) is 10.1. The van der Waals surface area contributed by atoms with Crippen molar-refractivity contribution in [1.29, 1.82) is 0 Å². The third-order valence-corrected chi connectivity index (χ3v) is 3.17. The van der Waals surface area contributed by atoms with Gasteiger partial charge < -0.3 is 10.3 Å². The highest BCUT2D eigenvalue weighted by Gasteiger charge is 2.05. The number of aromatic nitrogens is 4. The van der Waals surface area contributed by atoms with Gasteiger partial charge >= 0.3 is 0 Å². The molecule has 2 aromatic heterocycles. The zero-order valence-corrected chi connectivity index (χ0v) is 12.2. The Labute approximate surface area is 118 Å². The average Bonchev–Trinajstić information content (AvgIpc) is 2.80. The Hall–Kier alpha value is -2.11. The van der Waals surface area contributed by atoms with Crippen LogP contribution in [0.4, 0.5) is 5.82 Å². The van der Waals surface area contributed by atoms with Gasteiger partial charge in [-0.25, -0.2) is 4.98 Å². The molecular formula is C14H21N5O. The van der Waals surface area contributed by atoms with Gasteiger partial charge in [-0.1, -0.05) is 13.8 Å². The van der Waals surface area contributed by atoms with E-state index in [2.05, 4.69) is 25.5 Å². The predicted octanol–water partition coefficient (Wildman–Crippen LogP) is 1.97. The van der Waals surface area contributed by atoms with Crippen LogP contribution < -0.4 is 10.9 Å². The molecule has 2 aromatic rings. The number of hydrogen-bond acceptors (Lipinski definition) is 4. The maximum Gasteiger partial charge on any atom is 0.252 e. The van der Waals surface area contributed by atoms with Crippen LogP contribution in [0.25, 0.3) is 0 Å². The molecule has 0 aliphatic heterocycles. The van der Waals surface area contributed by atoms with Crippen LogP contribution in [0, 0.1) is 6.92 Å². The summed E-state index contributed by atoms with van der Waals surface area (Å²) in [7, 11) is 0. The molecule has 0 saturated carbocycles. The van der Waals surface area contributed by atoms with Crippen molar-refractivity contribution in [2.45, 2.75) is 39.5 Å². The first-order valence-corrected chi connectivity index (χ1v) is 6.90. The van der Waals surface area contributed by atoms with Gasteiger partial charge in [0.25, 0.3) is 5.56 Å². The average molecular weight is 275 g/mol. The van der Waals surface area contributed by atoms with Gasteiger partial charge in [-0.15, -0.1) is 0 Å². The van der Waals surface area contributed by atoms with E-state index in [9.17, 15) is 4.79 Å². The first-order chi connectivity index (χ1) is 9.56. The van der Waals surface area contributed by atoms with Crippen LogP contribution in [0.3, 0.4) is 0 Å². The molecule has 0 fully saturated rings. The quantitative estimate of drug-likeness (QED) is 0.703. The lowest BCUT2D eigenvalue weighted by Crippen LogP contribution is -2.15. The summed E-state index contributed by atoms with van der Waals surface area (Å²) in [6, 6.07) is 1.50. The first kappa shape index (κ1) is 14.3. The summed E-state index contributed by atoms with van der Waals surface area (Å²) < 4.78 is 0. The van der Waals surface area contributed by atoms with Gasteiger partial charge in [0.2, 0.25) is 0 Å². The molecule has 0 spiro atoms. The number of nitrogens with one attached hydrogen (secondary N) is 3. The van der Waals surface area contributed by atoms with Gasteiger partial charge in [0.1, 0.15) is 11.6 Å². The first-order valence-electron chi connectivity index (χ1n) is 6.90. The number of aromatic amines is 2. The number of aryl methyl sites for hydroxylation is 2. The highest BCUT2D eigenvalue weighted by atomic mass is 16.1. The van der Waals surface area contributed by atoms with Crippen LogP contribution >= 0.6 is 0 Å². The molecule has 6 nitrogen and oxygen atoms in total. The predicted molar refractivity (Wildman–Crippen MR) is 79.1 cm³/mol. The van der Waals surface area contributed by atoms with Crippen LogP contribution in [0.15, 0.2) is 17.1 Å². The normalized spacial score (nSPS) is 11.0. The standard InChI is InChI=1S/C14H21N5O/c1-9(2)14-17-12(7-13(20)18-14)15-6-4-5-11-8-16-19-10(11)3/h7-9H,4-6H2,1-3H3,(H,16,19)(H2,15,17,18,20). The van der Waals surface area contributed by atoms with Gasteiger partial charge in [-0.2, -0.15) is 5.10 Å². The lowest BCUT2D eigenvalue weighted by atomic mass is 10.1. The zero-order chi connectivity index (χ0) is 14.5. The SMILES string of the molecule is Cc1[nH]ncc1CCCNc1cc(=O)[nH]c(C(C)C)n1. The largest absolute Gasteiger partial charge is 0.370 e. The van der Waals surface area contributed by atoms with E-state index in [-0.39, 0.29) is 11.5 Å².